The van der Waals surface area contributed by atoms with Gasteiger partial charge in [-0.1, -0.05) is 32.4 Å². The van der Waals surface area contributed by atoms with Crippen molar-refractivity contribution in [2.24, 2.45) is 0 Å². The van der Waals surface area contributed by atoms with Gasteiger partial charge in [-0.2, -0.15) is 0 Å². The van der Waals surface area contributed by atoms with E-state index in [1.165, 1.54) is 6.42 Å². The molecule has 0 radical (unpaired) electrons. The molecule has 19 heavy (non-hydrogen) atoms. The normalized spacial score (nSPS) is 14.6. The summed E-state index contributed by atoms with van der Waals surface area (Å²) in [7, 11) is 0. The van der Waals surface area contributed by atoms with Gasteiger partial charge in [0.15, 0.2) is 0 Å². The molecule has 1 aliphatic rings. The highest BCUT2D eigenvalue weighted by molar-refractivity contribution is 6.05. The number of nitrogens with zero attached hydrogens (tertiary/aromatic N) is 1. The summed E-state index contributed by atoms with van der Waals surface area (Å²) in [6, 6.07) is 5.62. The molecule has 1 aromatic rings. The van der Waals surface area contributed by atoms with E-state index in [1.807, 2.05) is 32.0 Å². The van der Waals surface area contributed by atoms with Gasteiger partial charge in [-0.3, -0.25) is 15.0 Å². The highest BCUT2D eigenvalue weighted by Crippen LogP contribution is 2.23. The predicted molar refractivity (Wildman–Crippen MR) is 77.4 cm³/mol. The zero-order chi connectivity index (χ0) is 14.4. The van der Waals surface area contributed by atoms with E-state index in [0.29, 0.717) is 13.0 Å². The minimum absolute atomic E-state index is 0.202. The van der Waals surface area contributed by atoms with Gasteiger partial charge >= 0.3 is 6.03 Å². The molecule has 2 rings (SSSR count). The van der Waals surface area contributed by atoms with E-state index in [9.17, 15) is 9.59 Å². The number of anilines is 1. The summed E-state index contributed by atoms with van der Waals surface area (Å²) >= 11 is 0. The quantitative estimate of drug-likeness (QED) is 0.845. The van der Waals surface area contributed by atoms with Crippen LogP contribution in [0.5, 0.6) is 0 Å². The Balaban J connectivity index is 0.000000550. The molecular weight excluding hydrogens is 240 g/mol. The first kappa shape index (κ1) is 15.2. The summed E-state index contributed by atoms with van der Waals surface area (Å²) in [6.07, 6.45) is 1.61. The van der Waals surface area contributed by atoms with Gasteiger partial charge in [-0.15, -0.1) is 0 Å². The monoisotopic (exact) mass is 262 g/mol. The smallest absolute Gasteiger partial charge is 0.293 e. The molecule has 0 spiro atoms. The van der Waals surface area contributed by atoms with Crippen LogP contribution in [0.25, 0.3) is 0 Å². The summed E-state index contributed by atoms with van der Waals surface area (Å²) < 4.78 is 0. The first-order valence-corrected chi connectivity index (χ1v) is 6.68. The second-order valence-electron chi connectivity index (χ2n) is 4.75. The maximum Gasteiger partial charge on any atom is 0.328 e. The number of imide groups is 1. The standard InChI is InChI=1S/C12H14N2O2.C3H8/c1-8-3-4-9(2)10(7-8)14-6-5-11(15)13-12(14)16;1-3-2/h3-4,7H,5-6H2,1-2H3,(H,13,15,16);3H2,1-2H3. The molecule has 1 N–H and O–H groups in total. The van der Waals surface area contributed by atoms with Gasteiger partial charge in [0.2, 0.25) is 5.91 Å². The molecule has 1 heterocycles. The molecule has 0 atom stereocenters. The van der Waals surface area contributed by atoms with Crippen molar-refractivity contribution in [3.8, 4) is 0 Å². The number of carbonyl (C=O) groups excluding carboxylic acids is 2. The predicted octanol–water partition coefficient (Wildman–Crippen LogP) is 3.17. The molecule has 1 saturated heterocycles. The molecule has 3 amide bonds. The fourth-order valence-corrected chi connectivity index (χ4v) is 1.80. The Kier molecular flexibility index (Phi) is 5.55. The van der Waals surface area contributed by atoms with Crippen molar-refractivity contribution in [1.29, 1.82) is 0 Å². The molecule has 0 bridgehead atoms. The zero-order valence-electron chi connectivity index (χ0n) is 12.1. The maximum absolute atomic E-state index is 11.7. The van der Waals surface area contributed by atoms with Gasteiger partial charge in [0.25, 0.3) is 0 Å². The van der Waals surface area contributed by atoms with Crippen molar-refractivity contribution in [3.63, 3.8) is 0 Å². The number of amides is 3. The Morgan fingerprint density at radius 1 is 1.21 bits per heavy atom. The molecule has 4 nitrogen and oxygen atoms in total. The lowest BCUT2D eigenvalue weighted by Gasteiger charge is -2.28. The van der Waals surface area contributed by atoms with Crippen molar-refractivity contribution in [1.82, 2.24) is 5.32 Å². The van der Waals surface area contributed by atoms with Gasteiger partial charge in [-0.25, -0.2) is 4.79 Å². The molecule has 1 aromatic carbocycles. The number of carbonyl (C=O) groups is 2. The Morgan fingerprint density at radius 2 is 1.84 bits per heavy atom. The summed E-state index contributed by atoms with van der Waals surface area (Å²) in [6.45, 7) is 8.64. The van der Waals surface area contributed by atoms with Crippen LogP contribution in [0, 0.1) is 13.8 Å². The first-order valence-electron chi connectivity index (χ1n) is 6.68. The van der Waals surface area contributed by atoms with Crippen molar-refractivity contribution in [3.05, 3.63) is 29.3 Å². The van der Waals surface area contributed by atoms with Crippen LogP contribution in [-0.2, 0) is 4.79 Å². The summed E-state index contributed by atoms with van der Waals surface area (Å²) in [5.41, 5.74) is 3.02. The minimum atomic E-state index is -0.329. The van der Waals surface area contributed by atoms with Crippen LogP contribution in [0.1, 0.15) is 37.8 Å². The summed E-state index contributed by atoms with van der Waals surface area (Å²) in [5.74, 6) is -0.202. The third-order valence-corrected chi connectivity index (χ3v) is 2.71. The Morgan fingerprint density at radius 3 is 2.42 bits per heavy atom. The van der Waals surface area contributed by atoms with Crippen LogP contribution in [0.4, 0.5) is 10.5 Å². The first-order chi connectivity index (χ1) is 8.99. The van der Waals surface area contributed by atoms with E-state index < -0.39 is 0 Å². The molecule has 1 aliphatic heterocycles. The summed E-state index contributed by atoms with van der Waals surface area (Å²) in [5, 5.41) is 2.32. The highest BCUT2D eigenvalue weighted by Gasteiger charge is 2.24. The minimum Gasteiger partial charge on any atom is -0.293 e. The van der Waals surface area contributed by atoms with E-state index in [4.69, 9.17) is 0 Å². The number of benzene rings is 1. The lowest BCUT2D eigenvalue weighted by Crippen LogP contribution is -2.49. The Labute approximate surface area is 114 Å². The van der Waals surface area contributed by atoms with Crippen LogP contribution >= 0.6 is 0 Å². The maximum atomic E-state index is 11.7. The van der Waals surface area contributed by atoms with E-state index in [0.717, 1.165) is 16.8 Å². The molecule has 104 valence electrons. The summed E-state index contributed by atoms with van der Waals surface area (Å²) in [4.78, 5) is 24.3. The average molecular weight is 262 g/mol. The third kappa shape index (κ3) is 4.09. The SMILES string of the molecule is CCC.Cc1ccc(C)c(N2CCC(=O)NC2=O)c1. The molecule has 4 heteroatoms. The van der Waals surface area contributed by atoms with Crippen molar-refractivity contribution in [2.45, 2.75) is 40.5 Å². The van der Waals surface area contributed by atoms with Gasteiger partial charge in [0, 0.05) is 18.7 Å². The largest absolute Gasteiger partial charge is 0.328 e. The van der Waals surface area contributed by atoms with Crippen LogP contribution in [0.3, 0.4) is 0 Å². The number of urea groups is 1. The molecule has 0 unspecified atom stereocenters. The number of hydrogen-bond donors (Lipinski definition) is 1. The topological polar surface area (TPSA) is 49.4 Å². The lowest BCUT2D eigenvalue weighted by atomic mass is 10.1. The van der Waals surface area contributed by atoms with E-state index in [2.05, 4.69) is 19.2 Å². The van der Waals surface area contributed by atoms with Crippen LogP contribution in [0.15, 0.2) is 18.2 Å². The van der Waals surface area contributed by atoms with E-state index in [-0.39, 0.29) is 11.9 Å². The zero-order valence-corrected chi connectivity index (χ0v) is 12.1. The molecular formula is C15H22N2O2. The van der Waals surface area contributed by atoms with Gasteiger partial charge in [-0.05, 0) is 31.0 Å². The highest BCUT2D eigenvalue weighted by atomic mass is 16.2. The number of aryl methyl sites for hydroxylation is 2. The number of rotatable bonds is 1. The fourth-order valence-electron chi connectivity index (χ4n) is 1.80. The average Bonchev–Trinajstić information content (AvgIpc) is 2.34. The van der Waals surface area contributed by atoms with E-state index >= 15 is 0 Å². The second-order valence-corrected chi connectivity index (χ2v) is 4.75. The van der Waals surface area contributed by atoms with Gasteiger partial charge in [0.05, 0.1) is 0 Å². The van der Waals surface area contributed by atoms with Crippen molar-refractivity contribution >= 4 is 17.6 Å². The molecule has 0 saturated carbocycles. The number of hydrogen-bond acceptors (Lipinski definition) is 2. The fraction of sp³-hybridized carbons (Fsp3) is 0.467. The van der Waals surface area contributed by atoms with E-state index in [1.54, 1.807) is 4.90 Å². The lowest BCUT2D eigenvalue weighted by molar-refractivity contribution is -0.120. The number of nitrogens with one attached hydrogen (secondary N) is 1. The van der Waals surface area contributed by atoms with Gasteiger partial charge < -0.3 is 0 Å². The molecule has 0 aromatic heterocycles. The molecule has 0 aliphatic carbocycles. The van der Waals surface area contributed by atoms with Crippen LogP contribution in [0.2, 0.25) is 0 Å². The van der Waals surface area contributed by atoms with Crippen LogP contribution < -0.4 is 10.2 Å². The van der Waals surface area contributed by atoms with Crippen LogP contribution in [-0.4, -0.2) is 18.5 Å². The Hall–Kier alpha value is -1.84. The molecule has 1 fully saturated rings. The third-order valence-electron chi connectivity index (χ3n) is 2.71. The van der Waals surface area contributed by atoms with Gasteiger partial charge in [0.1, 0.15) is 0 Å². The Bertz CT molecular complexity index is 469. The van der Waals surface area contributed by atoms with Crippen molar-refractivity contribution in [2.75, 3.05) is 11.4 Å². The second kappa shape index (κ2) is 6.92. The van der Waals surface area contributed by atoms with Crippen molar-refractivity contribution < 1.29 is 9.59 Å².